The number of rotatable bonds is 4. The van der Waals surface area contributed by atoms with Crippen LogP contribution in [-0.2, 0) is 16.6 Å². The number of nitrogen functional groups attached to an aromatic ring is 1. The monoisotopic (exact) mass is 328 g/mol. The fourth-order valence-electron chi connectivity index (χ4n) is 1.81. The normalized spacial score (nSPS) is 11.8. The summed E-state index contributed by atoms with van der Waals surface area (Å²) in [4.78, 5) is 0.0895. The van der Waals surface area contributed by atoms with Crippen molar-refractivity contribution in [2.24, 2.45) is 0 Å². The van der Waals surface area contributed by atoms with E-state index in [-0.39, 0.29) is 22.0 Å². The molecule has 0 fully saturated rings. The second-order valence-corrected chi connectivity index (χ2v) is 6.98. The molecule has 0 unspecified atom stereocenters. The zero-order chi connectivity index (χ0) is 15.6. The molecule has 0 spiro atoms. The van der Waals surface area contributed by atoms with Crippen molar-refractivity contribution < 1.29 is 12.8 Å². The highest BCUT2D eigenvalue weighted by Gasteiger charge is 2.22. The molecular formula is C14H14ClFN2O2S. The molecule has 0 heterocycles. The number of nitrogens with two attached hydrogens (primary N) is 1. The van der Waals surface area contributed by atoms with Crippen molar-refractivity contribution in [3.8, 4) is 0 Å². The highest BCUT2D eigenvalue weighted by atomic mass is 35.5. The van der Waals surface area contributed by atoms with Gasteiger partial charge in [0, 0.05) is 29.9 Å². The highest BCUT2D eigenvalue weighted by molar-refractivity contribution is 7.89. The molecule has 2 rings (SSSR count). The average Bonchev–Trinajstić information content (AvgIpc) is 2.43. The summed E-state index contributed by atoms with van der Waals surface area (Å²) in [6.07, 6.45) is 0. The van der Waals surface area contributed by atoms with Crippen LogP contribution >= 0.6 is 11.6 Å². The first-order chi connectivity index (χ1) is 9.82. The molecule has 2 aromatic rings. The fourth-order valence-corrected chi connectivity index (χ4v) is 3.17. The van der Waals surface area contributed by atoms with Crippen molar-refractivity contribution in [1.29, 1.82) is 0 Å². The molecule has 0 aromatic heterocycles. The van der Waals surface area contributed by atoms with Gasteiger partial charge in [-0.15, -0.1) is 0 Å². The van der Waals surface area contributed by atoms with Gasteiger partial charge in [0.05, 0.1) is 4.90 Å². The molecule has 0 saturated heterocycles. The molecule has 4 nitrogen and oxygen atoms in total. The Hall–Kier alpha value is -1.63. The molecule has 0 bridgehead atoms. The summed E-state index contributed by atoms with van der Waals surface area (Å²) in [5.74, 6) is -0.540. The summed E-state index contributed by atoms with van der Waals surface area (Å²) in [6.45, 7) is -0.155. The van der Waals surface area contributed by atoms with Crippen LogP contribution in [0.2, 0.25) is 5.02 Å². The predicted molar refractivity (Wildman–Crippen MR) is 80.9 cm³/mol. The second kappa shape index (κ2) is 6.01. The minimum atomic E-state index is -3.73. The summed E-state index contributed by atoms with van der Waals surface area (Å²) in [7, 11) is -2.37. The van der Waals surface area contributed by atoms with Gasteiger partial charge < -0.3 is 5.73 Å². The van der Waals surface area contributed by atoms with Crippen molar-refractivity contribution >= 4 is 27.3 Å². The SMILES string of the molecule is CN(Cc1c(F)cccc1Cl)S(=O)(=O)c1ccc(N)cc1. The third-order valence-corrected chi connectivity index (χ3v) is 5.20. The van der Waals surface area contributed by atoms with E-state index in [1.54, 1.807) is 0 Å². The van der Waals surface area contributed by atoms with Crippen molar-refractivity contribution in [3.05, 3.63) is 58.9 Å². The van der Waals surface area contributed by atoms with E-state index >= 15 is 0 Å². The van der Waals surface area contributed by atoms with E-state index in [1.165, 1.54) is 49.5 Å². The van der Waals surface area contributed by atoms with Gasteiger partial charge in [-0.25, -0.2) is 12.8 Å². The molecule has 0 aliphatic rings. The molecule has 112 valence electrons. The van der Waals surface area contributed by atoms with Crippen molar-refractivity contribution in [3.63, 3.8) is 0 Å². The first-order valence-corrected chi connectivity index (χ1v) is 7.89. The molecule has 0 amide bonds. The number of benzene rings is 2. The van der Waals surface area contributed by atoms with E-state index < -0.39 is 15.8 Å². The van der Waals surface area contributed by atoms with Gasteiger partial charge in [-0.1, -0.05) is 17.7 Å². The fraction of sp³-hybridized carbons (Fsp3) is 0.143. The first-order valence-electron chi connectivity index (χ1n) is 6.07. The van der Waals surface area contributed by atoms with Crippen molar-refractivity contribution in [1.82, 2.24) is 4.31 Å². The quantitative estimate of drug-likeness (QED) is 0.878. The van der Waals surface area contributed by atoms with Crippen LogP contribution < -0.4 is 5.73 Å². The minimum absolute atomic E-state index is 0.0895. The Bertz CT molecular complexity index is 728. The third kappa shape index (κ3) is 3.34. The van der Waals surface area contributed by atoms with E-state index in [1.807, 2.05) is 0 Å². The molecule has 21 heavy (non-hydrogen) atoms. The summed E-state index contributed by atoms with van der Waals surface area (Å²) < 4.78 is 39.6. The van der Waals surface area contributed by atoms with Gasteiger partial charge in [-0.2, -0.15) is 4.31 Å². The van der Waals surface area contributed by atoms with Crippen LogP contribution in [0.1, 0.15) is 5.56 Å². The van der Waals surface area contributed by atoms with E-state index in [4.69, 9.17) is 17.3 Å². The topological polar surface area (TPSA) is 63.4 Å². The van der Waals surface area contributed by atoms with Gasteiger partial charge in [-0.3, -0.25) is 0 Å². The third-order valence-electron chi connectivity index (χ3n) is 3.03. The summed E-state index contributed by atoms with van der Waals surface area (Å²) >= 11 is 5.91. The number of halogens is 2. The summed E-state index contributed by atoms with van der Waals surface area (Å²) in [5, 5.41) is 0.189. The zero-order valence-electron chi connectivity index (χ0n) is 11.3. The summed E-state index contributed by atoms with van der Waals surface area (Å²) in [6, 6.07) is 10.0. The van der Waals surface area contributed by atoms with E-state index in [0.29, 0.717) is 5.69 Å². The van der Waals surface area contributed by atoms with Crippen LogP contribution in [-0.4, -0.2) is 19.8 Å². The van der Waals surface area contributed by atoms with E-state index in [2.05, 4.69) is 0 Å². The van der Waals surface area contributed by atoms with Crippen LogP contribution in [0.15, 0.2) is 47.4 Å². The second-order valence-electron chi connectivity index (χ2n) is 4.53. The van der Waals surface area contributed by atoms with Crippen LogP contribution in [0, 0.1) is 5.82 Å². The Kier molecular flexibility index (Phi) is 4.51. The number of anilines is 1. The standard InChI is InChI=1S/C14H14ClFN2O2S/c1-18(9-12-13(15)3-2-4-14(12)16)21(19,20)11-7-5-10(17)6-8-11/h2-8H,9,17H2,1H3. The summed E-state index contributed by atoms with van der Waals surface area (Å²) in [5.41, 5.74) is 6.14. The van der Waals surface area contributed by atoms with Crippen molar-refractivity contribution in [2.75, 3.05) is 12.8 Å². The maximum Gasteiger partial charge on any atom is 0.243 e. The van der Waals surface area contributed by atoms with Gasteiger partial charge in [-0.05, 0) is 36.4 Å². The largest absolute Gasteiger partial charge is 0.399 e. The maximum absolute atomic E-state index is 13.7. The van der Waals surface area contributed by atoms with Gasteiger partial charge in [0.1, 0.15) is 5.82 Å². The molecule has 2 aromatic carbocycles. The Labute approximate surface area is 128 Å². The Morgan fingerprint density at radius 3 is 2.38 bits per heavy atom. The molecule has 0 atom stereocenters. The zero-order valence-corrected chi connectivity index (χ0v) is 12.8. The lowest BCUT2D eigenvalue weighted by atomic mass is 10.2. The molecule has 0 radical (unpaired) electrons. The molecule has 2 N–H and O–H groups in total. The molecule has 7 heteroatoms. The first kappa shape index (κ1) is 15.8. The lowest BCUT2D eigenvalue weighted by Crippen LogP contribution is -2.27. The highest BCUT2D eigenvalue weighted by Crippen LogP contribution is 2.23. The van der Waals surface area contributed by atoms with Gasteiger partial charge in [0.25, 0.3) is 0 Å². The van der Waals surface area contributed by atoms with E-state index in [0.717, 1.165) is 4.31 Å². The van der Waals surface area contributed by atoms with Crippen LogP contribution in [0.3, 0.4) is 0 Å². The lowest BCUT2D eigenvalue weighted by molar-refractivity contribution is 0.456. The van der Waals surface area contributed by atoms with Gasteiger partial charge in [0.15, 0.2) is 0 Å². The molecule has 0 aliphatic carbocycles. The Morgan fingerprint density at radius 2 is 1.81 bits per heavy atom. The molecular weight excluding hydrogens is 315 g/mol. The van der Waals surface area contributed by atoms with E-state index in [9.17, 15) is 12.8 Å². The number of hydrogen-bond donors (Lipinski definition) is 1. The Balaban J connectivity index is 2.31. The molecule has 0 saturated carbocycles. The van der Waals surface area contributed by atoms with Gasteiger partial charge in [0.2, 0.25) is 10.0 Å². The minimum Gasteiger partial charge on any atom is -0.399 e. The Morgan fingerprint density at radius 1 is 1.19 bits per heavy atom. The predicted octanol–water partition coefficient (Wildman–Crippen LogP) is 2.88. The van der Waals surface area contributed by atoms with Crippen LogP contribution in [0.4, 0.5) is 10.1 Å². The molecule has 0 aliphatic heterocycles. The maximum atomic E-state index is 13.7. The smallest absolute Gasteiger partial charge is 0.243 e. The lowest BCUT2D eigenvalue weighted by Gasteiger charge is -2.18. The number of nitrogens with zero attached hydrogens (tertiary/aromatic N) is 1. The average molecular weight is 329 g/mol. The van der Waals surface area contributed by atoms with Crippen LogP contribution in [0.5, 0.6) is 0 Å². The van der Waals surface area contributed by atoms with Crippen LogP contribution in [0.25, 0.3) is 0 Å². The number of sulfonamides is 1. The number of hydrogen-bond acceptors (Lipinski definition) is 3. The van der Waals surface area contributed by atoms with Gasteiger partial charge >= 0.3 is 0 Å². The van der Waals surface area contributed by atoms with Crippen molar-refractivity contribution in [2.45, 2.75) is 11.4 Å².